The lowest BCUT2D eigenvalue weighted by atomic mass is 9.77. The lowest BCUT2D eigenvalue weighted by Gasteiger charge is -2.47. The maximum atomic E-state index is 14.5. The summed E-state index contributed by atoms with van der Waals surface area (Å²) in [6.45, 7) is 7.96. The minimum atomic E-state index is -1.49. The van der Waals surface area contributed by atoms with Gasteiger partial charge in [0.05, 0.1) is 0 Å². The third-order valence-electron chi connectivity index (χ3n) is 9.34. The number of para-hydroxylation sites is 1. The zero-order valence-corrected chi connectivity index (χ0v) is 24.4. The van der Waals surface area contributed by atoms with Crippen molar-refractivity contribution in [1.29, 1.82) is 0 Å². The number of nitrogens with one attached hydrogen (secondary N) is 1. The van der Waals surface area contributed by atoms with Gasteiger partial charge in [0, 0.05) is 55.4 Å². The number of nitrogens with two attached hydrogens (primary N) is 1. The number of benzene rings is 2. The van der Waals surface area contributed by atoms with Crippen LogP contribution in [0.4, 0.5) is 0 Å². The van der Waals surface area contributed by atoms with E-state index in [1.165, 1.54) is 31.7 Å². The summed E-state index contributed by atoms with van der Waals surface area (Å²) in [6, 6.07) is 15.9. The molecule has 1 amide bonds. The molecule has 214 valence electrons. The summed E-state index contributed by atoms with van der Waals surface area (Å²) in [7, 11) is 1.85. The summed E-state index contributed by atoms with van der Waals surface area (Å²) in [5.74, 6) is -0.304. The number of Topliss-reactive ketones (excluding diaryl/α,β-unsaturated/α-hetero) is 1. The molecule has 0 radical (unpaired) electrons. The second-order valence-electron chi connectivity index (χ2n) is 11.8. The molecule has 2 aliphatic rings. The molecule has 3 aromatic rings. The minimum Gasteiger partial charge on any atom is -0.361 e. The summed E-state index contributed by atoms with van der Waals surface area (Å²) in [6.07, 6.45) is 8.54. The van der Waals surface area contributed by atoms with Gasteiger partial charge in [-0.25, -0.2) is 0 Å². The maximum Gasteiger partial charge on any atom is 0.242 e. The Balaban J connectivity index is 1.50. The quantitative estimate of drug-likeness (QED) is 0.417. The van der Waals surface area contributed by atoms with E-state index in [1.54, 1.807) is 4.90 Å². The highest BCUT2D eigenvalue weighted by molar-refractivity contribution is 6.00. The van der Waals surface area contributed by atoms with Crippen LogP contribution in [-0.4, -0.2) is 76.7 Å². The predicted molar refractivity (Wildman–Crippen MR) is 161 cm³/mol. The SMILES string of the molecule is CCc1ccccc1CN(C)C(=O)C(N1CCC(N2CCCCC2)CC1)C(N)(C(C)=O)c1c[nH]c2ccccc12. The van der Waals surface area contributed by atoms with E-state index in [4.69, 9.17) is 5.73 Å². The van der Waals surface area contributed by atoms with Gasteiger partial charge in [-0.2, -0.15) is 0 Å². The van der Waals surface area contributed by atoms with Crippen molar-refractivity contribution in [2.24, 2.45) is 5.73 Å². The molecule has 7 nitrogen and oxygen atoms in total. The Hall–Kier alpha value is -3.00. The Morgan fingerprint density at radius 2 is 1.65 bits per heavy atom. The van der Waals surface area contributed by atoms with E-state index in [1.807, 2.05) is 49.6 Å². The van der Waals surface area contributed by atoms with Crippen LogP contribution < -0.4 is 5.73 Å². The van der Waals surface area contributed by atoms with Crippen LogP contribution in [0, 0.1) is 0 Å². The van der Waals surface area contributed by atoms with E-state index < -0.39 is 11.6 Å². The number of aromatic nitrogens is 1. The predicted octanol–water partition coefficient (Wildman–Crippen LogP) is 4.45. The number of piperidine rings is 2. The average Bonchev–Trinajstić information content (AvgIpc) is 3.43. The second kappa shape index (κ2) is 12.2. The monoisotopic (exact) mass is 543 g/mol. The van der Waals surface area contributed by atoms with E-state index in [0.29, 0.717) is 18.2 Å². The van der Waals surface area contributed by atoms with Crippen LogP contribution in [0.3, 0.4) is 0 Å². The number of fused-ring (bicyclic) bond motifs is 1. The lowest BCUT2D eigenvalue weighted by Crippen LogP contribution is -2.67. The molecule has 2 saturated heterocycles. The first kappa shape index (κ1) is 28.5. The number of rotatable bonds is 9. The van der Waals surface area contributed by atoms with Crippen LogP contribution in [0.2, 0.25) is 0 Å². The molecule has 0 spiro atoms. The standard InChI is InChI=1S/C33H45N5O2/c1-4-25-12-6-7-13-26(25)23-36(3)32(40)31(38-20-16-27(17-21-38)37-18-10-5-11-19-37)33(34,24(2)39)29-22-35-30-15-9-8-14-28(29)30/h6-9,12-15,22,27,31,35H,4-5,10-11,16-21,23,34H2,1-3H3. The van der Waals surface area contributed by atoms with Gasteiger partial charge < -0.3 is 20.5 Å². The zero-order valence-electron chi connectivity index (χ0n) is 24.4. The van der Waals surface area contributed by atoms with Crippen molar-refractivity contribution < 1.29 is 9.59 Å². The highest BCUT2D eigenvalue weighted by atomic mass is 16.2. The van der Waals surface area contributed by atoms with Gasteiger partial charge in [-0.05, 0) is 69.3 Å². The van der Waals surface area contributed by atoms with E-state index >= 15 is 0 Å². The number of carbonyl (C=O) groups is 2. The number of likely N-dealkylation sites (tertiary alicyclic amines) is 2. The van der Waals surface area contributed by atoms with Gasteiger partial charge in [0.25, 0.3) is 0 Å². The molecular weight excluding hydrogens is 498 g/mol. The van der Waals surface area contributed by atoms with Crippen molar-refractivity contribution in [3.8, 4) is 0 Å². The van der Waals surface area contributed by atoms with E-state index in [-0.39, 0.29) is 11.7 Å². The third kappa shape index (κ3) is 5.47. The molecule has 7 heteroatoms. The zero-order chi connectivity index (χ0) is 28.3. The van der Waals surface area contributed by atoms with E-state index in [2.05, 4.69) is 33.8 Å². The van der Waals surface area contributed by atoms with Gasteiger partial charge in [-0.1, -0.05) is 55.8 Å². The third-order valence-corrected chi connectivity index (χ3v) is 9.34. The molecule has 2 fully saturated rings. The largest absolute Gasteiger partial charge is 0.361 e. The normalized spacial score (nSPS) is 19.8. The first-order valence-electron chi connectivity index (χ1n) is 15.0. The van der Waals surface area contributed by atoms with Gasteiger partial charge in [-0.3, -0.25) is 14.5 Å². The lowest BCUT2D eigenvalue weighted by molar-refractivity contribution is -0.145. The van der Waals surface area contributed by atoms with Crippen molar-refractivity contribution in [1.82, 2.24) is 19.7 Å². The number of aromatic amines is 1. The summed E-state index contributed by atoms with van der Waals surface area (Å²) in [5.41, 5.74) is 9.70. The van der Waals surface area contributed by atoms with Crippen molar-refractivity contribution in [2.75, 3.05) is 33.2 Å². The average molecular weight is 544 g/mol. The Labute approximate surface area is 238 Å². The highest BCUT2D eigenvalue weighted by Crippen LogP contribution is 2.36. The van der Waals surface area contributed by atoms with Crippen LogP contribution in [0.5, 0.6) is 0 Å². The first-order valence-corrected chi connectivity index (χ1v) is 15.0. The van der Waals surface area contributed by atoms with Crippen LogP contribution in [0.1, 0.15) is 62.6 Å². The summed E-state index contributed by atoms with van der Waals surface area (Å²) < 4.78 is 0. The molecule has 2 aliphatic heterocycles. The molecule has 5 rings (SSSR count). The Kier molecular flexibility index (Phi) is 8.74. The molecule has 3 N–H and O–H groups in total. The molecule has 2 aromatic carbocycles. The molecule has 0 aliphatic carbocycles. The van der Waals surface area contributed by atoms with Crippen LogP contribution in [-0.2, 0) is 28.1 Å². The summed E-state index contributed by atoms with van der Waals surface area (Å²) in [4.78, 5) is 38.1. The number of aryl methyl sites for hydroxylation is 1. The van der Waals surface area contributed by atoms with Gasteiger partial charge in [0.15, 0.2) is 5.78 Å². The molecule has 2 unspecified atom stereocenters. The van der Waals surface area contributed by atoms with Crippen molar-refractivity contribution in [3.05, 3.63) is 71.4 Å². The minimum absolute atomic E-state index is 0.106. The molecule has 3 heterocycles. The number of likely N-dealkylation sites (N-methyl/N-ethyl adjacent to an activating group) is 1. The van der Waals surface area contributed by atoms with Crippen molar-refractivity contribution >= 4 is 22.6 Å². The van der Waals surface area contributed by atoms with E-state index in [0.717, 1.165) is 61.9 Å². The number of ketones is 1. The molecule has 0 bridgehead atoms. The highest BCUT2D eigenvalue weighted by Gasteiger charge is 2.51. The molecule has 40 heavy (non-hydrogen) atoms. The van der Waals surface area contributed by atoms with Gasteiger partial charge in [0.2, 0.25) is 5.91 Å². The van der Waals surface area contributed by atoms with Crippen LogP contribution >= 0.6 is 0 Å². The second-order valence-corrected chi connectivity index (χ2v) is 11.8. The topological polar surface area (TPSA) is 85.7 Å². The Morgan fingerprint density at radius 3 is 2.33 bits per heavy atom. The fourth-order valence-corrected chi connectivity index (χ4v) is 6.97. The molecular formula is C33H45N5O2. The number of H-pyrrole nitrogens is 1. The smallest absolute Gasteiger partial charge is 0.242 e. The molecule has 0 saturated carbocycles. The first-order chi connectivity index (χ1) is 19.3. The number of amides is 1. The Bertz CT molecular complexity index is 1320. The number of hydrogen-bond acceptors (Lipinski definition) is 5. The van der Waals surface area contributed by atoms with E-state index in [9.17, 15) is 9.59 Å². The van der Waals surface area contributed by atoms with Crippen molar-refractivity contribution in [2.45, 2.75) is 76.5 Å². The fourth-order valence-electron chi connectivity index (χ4n) is 6.97. The van der Waals surface area contributed by atoms with Gasteiger partial charge in [0.1, 0.15) is 11.6 Å². The number of nitrogens with zero attached hydrogens (tertiary/aromatic N) is 3. The fraction of sp³-hybridized carbons (Fsp3) is 0.515. The maximum absolute atomic E-state index is 14.5. The number of carbonyl (C=O) groups excluding carboxylic acids is 2. The summed E-state index contributed by atoms with van der Waals surface area (Å²) in [5, 5.41) is 0.889. The van der Waals surface area contributed by atoms with Crippen molar-refractivity contribution in [3.63, 3.8) is 0 Å². The van der Waals surface area contributed by atoms with Crippen LogP contribution in [0.15, 0.2) is 54.7 Å². The Morgan fingerprint density at radius 1 is 1.00 bits per heavy atom. The molecule has 2 atom stereocenters. The number of hydrogen-bond donors (Lipinski definition) is 2. The molecule has 1 aromatic heterocycles. The van der Waals surface area contributed by atoms with Gasteiger partial charge >= 0.3 is 0 Å². The van der Waals surface area contributed by atoms with Crippen LogP contribution in [0.25, 0.3) is 10.9 Å². The van der Waals surface area contributed by atoms with Gasteiger partial charge in [-0.15, -0.1) is 0 Å². The summed E-state index contributed by atoms with van der Waals surface area (Å²) >= 11 is 0.